The van der Waals surface area contributed by atoms with E-state index >= 15 is 0 Å². The molecule has 0 aromatic heterocycles. The van der Waals surface area contributed by atoms with Crippen molar-refractivity contribution >= 4 is 5.91 Å². The monoisotopic (exact) mass is 342 g/mol. The molecular formula is C17H21F3N2O2. The summed E-state index contributed by atoms with van der Waals surface area (Å²) in [6.07, 6.45) is -1.21. The summed E-state index contributed by atoms with van der Waals surface area (Å²) in [5, 5.41) is 3.26. The number of ether oxygens (including phenoxy) is 1. The third-order valence-corrected chi connectivity index (χ3v) is 4.66. The first kappa shape index (κ1) is 17.1. The number of rotatable bonds is 3. The van der Waals surface area contributed by atoms with Crippen molar-refractivity contribution in [1.82, 2.24) is 10.2 Å². The normalized spacial score (nSPS) is 19.5. The molecule has 3 rings (SSSR count). The number of carbonyl (C=O) groups excluding carboxylic acids is 1. The molecule has 0 atom stereocenters. The van der Waals surface area contributed by atoms with E-state index in [2.05, 4.69) is 10.1 Å². The van der Waals surface area contributed by atoms with Crippen LogP contribution in [0.1, 0.15) is 47.5 Å². The van der Waals surface area contributed by atoms with E-state index in [4.69, 9.17) is 0 Å². The molecule has 1 amide bonds. The molecule has 0 saturated carbocycles. The van der Waals surface area contributed by atoms with Gasteiger partial charge in [-0.1, -0.05) is 6.07 Å². The van der Waals surface area contributed by atoms with Gasteiger partial charge in [0.2, 0.25) is 0 Å². The molecule has 1 aromatic carbocycles. The molecule has 7 heteroatoms. The van der Waals surface area contributed by atoms with E-state index in [-0.39, 0.29) is 17.4 Å². The third-order valence-electron chi connectivity index (χ3n) is 4.66. The van der Waals surface area contributed by atoms with Crippen LogP contribution in [0.15, 0.2) is 18.2 Å². The molecule has 0 radical (unpaired) electrons. The van der Waals surface area contributed by atoms with Crippen LogP contribution in [0, 0.1) is 0 Å². The van der Waals surface area contributed by atoms with Crippen molar-refractivity contribution in [2.45, 2.75) is 38.0 Å². The summed E-state index contributed by atoms with van der Waals surface area (Å²) in [6.45, 7) is 2.92. The second kappa shape index (κ2) is 7.01. The highest BCUT2D eigenvalue weighted by Gasteiger charge is 2.34. The summed E-state index contributed by atoms with van der Waals surface area (Å²) in [4.78, 5) is 14.3. The maximum atomic E-state index is 12.7. The minimum absolute atomic E-state index is 0.0188. The van der Waals surface area contributed by atoms with Gasteiger partial charge < -0.3 is 15.0 Å². The number of nitrogens with zero attached hydrogens (tertiary/aromatic N) is 1. The number of alkyl halides is 3. The lowest BCUT2D eigenvalue weighted by atomic mass is 9.89. The number of benzene rings is 1. The van der Waals surface area contributed by atoms with Gasteiger partial charge in [-0.15, -0.1) is 13.2 Å². The van der Waals surface area contributed by atoms with Crippen LogP contribution in [0.2, 0.25) is 0 Å². The minimum Gasteiger partial charge on any atom is -0.405 e. The Labute approximate surface area is 139 Å². The summed E-state index contributed by atoms with van der Waals surface area (Å²) >= 11 is 0. The van der Waals surface area contributed by atoms with Gasteiger partial charge in [0.15, 0.2) is 0 Å². The molecule has 2 aliphatic rings. The van der Waals surface area contributed by atoms with Crippen molar-refractivity contribution in [3.05, 3.63) is 29.3 Å². The molecular weight excluding hydrogens is 321 g/mol. The largest absolute Gasteiger partial charge is 0.573 e. The van der Waals surface area contributed by atoms with Crippen molar-refractivity contribution in [3.8, 4) is 5.75 Å². The average Bonchev–Trinajstić information content (AvgIpc) is 3.08. The highest BCUT2D eigenvalue weighted by molar-refractivity contribution is 5.97. The van der Waals surface area contributed by atoms with E-state index < -0.39 is 12.1 Å². The van der Waals surface area contributed by atoms with Crippen LogP contribution in [0.4, 0.5) is 13.2 Å². The highest BCUT2D eigenvalue weighted by atomic mass is 19.4. The fraction of sp³-hybridized carbons (Fsp3) is 0.588. The van der Waals surface area contributed by atoms with Gasteiger partial charge in [0, 0.05) is 13.1 Å². The molecule has 0 aliphatic carbocycles. The SMILES string of the molecule is O=C(c1cc(C2CCNCC2)ccc1OC(F)(F)F)N1CCCC1. The predicted octanol–water partition coefficient (Wildman–Crippen LogP) is 3.29. The molecule has 0 unspecified atom stereocenters. The van der Waals surface area contributed by atoms with Crippen molar-refractivity contribution in [3.63, 3.8) is 0 Å². The second-order valence-corrected chi connectivity index (χ2v) is 6.33. The van der Waals surface area contributed by atoms with E-state index in [0.29, 0.717) is 13.1 Å². The lowest BCUT2D eigenvalue weighted by molar-refractivity contribution is -0.274. The molecule has 2 aliphatic heterocycles. The Morgan fingerprint density at radius 3 is 2.46 bits per heavy atom. The van der Waals surface area contributed by atoms with Gasteiger partial charge in [0.25, 0.3) is 5.91 Å². The summed E-state index contributed by atoms with van der Waals surface area (Å²) in [5.74, 6) is -0.518. The molecule has 4 nitrogen and oxygen atoms in total. The fourth-order valence-corrected chi connectivity index (χ4v) is 3.43. The summed E-state index contributed by atoms with van der Waals surface area (Å²) in [7, 11) is 0. The van der Waals surface area contributed by atoms with E-state index in [0.717, 1.165) is 44.3 Å². The van der Waals surface area contributed by atoms with Gasteiger partial charge in [-0.25, -0.2) is 0 Å². The first-order chi connectivity index (χ1) is 11.4. The molecule has 0 bridgehead atoms. The van der Waals surface area contributed by atoms with E-state index in [1.807, 2.05) is 0 Å². The van der Waals surface area contributed by atoms with Gasteiger partial charge in [0.05, 0.1) is 5.56 Å². The number of halogens is 3. The van der Waals surface area contributed by atoms with Crippen LogP contribution < -0.4 is 10.1 Å². The van der Waals surface area contributed by atoms with Gasteiger partial charge in [-0.05, 0) is 62.4 Å². The van der Waals surface area contributed by atoms with Crippen LogP contribution in [-0.2, 0) is 0 Å². The van der Waals surface area contributed by atoms with E-state index in [1.54, 1.807) is 17.0 Å². The Morgan fingerprint density at radius 2 is 1.83 bits per heavy atom. The zero-order valence-electron chi connectivity index (χ0n) is 13.4. The number of hydrogen-bond acceptors (Lipinski definition) is 3. The second-order valence-electron chi connectivity index (χ2n) is 6.33. The van der Waals surface area contributed by atoms with Crippen LogP contribution in [-0.4, -0.2) is 43.3 Å². The molecule has 2 heterocycles. The third kappa shape index (κ3) is 4.01. The van der Waals surface area contributed by atoms with Gasteiger partial charge >= 0.3 is 6.36 Å². The predicted molar refractivity (Wildman–Crippen MR) is 83.1 cm³/mol. The van der Waals surface area contributed by atoms with Crippen LogP contribution in [0.5, 0.6) is 5.75 Å². The quantitative estimate of drug-likeness (QED) is 0.916. The molecule has 0 spiro atoms. The Bertz CT molecular complexity index is 592. The molecule has 132 valence electrons. The number of likely N-dealkylation sites (tertiary alicyclic amines) is 1. The standard InChI is InChI=1S/C17H21F3N2O2/c18-17(19,20)24-15-4-3-13(12-5-7-21-8-6-12)11-14(15)16(23)22-9-1-2-10-22/h3-4,11-12,21H,1-2,5-10H2. The van der Waals surface area contributed by atoms with Gasteiger partial charge in [-0.3, -0.25) is 4.79 Å². The lowest BCUT2D eigenvalue weighted by Crippen LogP contribution is -2.30. The molecule has 24 heavy (non-hydrogen) atoms. The van der Waals surface area contributed by atoms with Crippen LogP contribution in [0.25, 0.3) is 0 Å². The average molecular weight is 342 g/mol. The van der Waals surface area contributed by atoms with Crippen LogP contribution >= 0.6 is 0 Å². The first-order valence-electron chi connectivity index (χ1n) is 8.34. The highest BCUT2D eigenvalue weighted by Crippen LogP contribution is 2.33. The molecule has 1 N–H and O–H groups in total. The number of amides is 1. The van der Waals surface area contributed by atoms with E-state index in [9.17, 15) is 18.0 Å². The van der Waals surface area contributed by atoms with E-state index in [1.165, 1.54) is 6.07 Å². The van der Waals surface area contributed by atoms with Gasteiger partial charge in [0.1, 0.15) is 5.75 Å². The summed E-state index contributed by atoms with van der Waals surface area (Å²) < 4.78 is 42.1. The first-order valence-corrected chi connectivity index (χ1v) is 8.34. The molecule has 1 aromatic rings. The number of nitrogens with one attached hydrogen (secondary N) is 1. The van der Waals surface area contributed by atoms with Crippen molar-refractivity contribution in [2.75, 3.05) is 26.2 Å². The minimum atomic E-state index is -4.81. The fourth-order valence-electron chi connectivity index (χ4n) is 3.43. The zero-order valence-corrected chi connectivity index (χ0v) is 13.4. The van der Waals surface area contributed by atoms with Crippen LogP contribution in [0.3, 0.4) is 0 Å². The van der Waals surface area contributed by atoms with Crippen molar-refractivity contribution < 1.29 is 22.7 Å². The maximum Gasteiger partial charge on any atom is 0.573 e. The Kier molecular flexibility index (Phi) is 4.99. The maximum absolute atomic E-state index is 12.7. The number of piperidine rings is 1. The number of hydrogen-bond donors (Lipinski definition) is 1. The topological polar surface area (TPSA) is 41.6 Å². The molecule has 2 saturated heterocycles. The molecule has 2 fully saturated rings. The zero-order chi connectivity index (χ0) is 17.2. The summed E-state index contributed by atoms with van der Waals surface area (Å²) in [5.41, 5.74) is 0.929. The van der Waals surface area contributed by atoms with Crippen molar-refractivity contribution in [1.29, 1.82) is 0 Å². The summed E-state index contributed by atoms with van der Waals surface area (Å²) in [6, 6.07) is 4.53. The number of carbonyl (C=O) groups is 1. The van der Waals surface area contributed by atoms with Crippen molar-refractivity contribution in [2.24, 2.45) is 0 Å². The Morgan fingerprint density at radius 1 is 1.17 bits per heavy atom. The smallest absolute Gasteiger partial charge is 0.405 e. The Hall–Kier alpha value is -1.76. The lowest BCUT2D eigenvalue weighted by Gasteiger charge is -2.25. The Balaban J connectivity index is 1.91. The van der Waals surface area contributed by atoms with Gasteiger partial charge in [-0.2, -0.15) is 0 Å².